The van der Waals surface area contributed by atoms with Crippen LogP contribution < -0.4 is 5.73 Å². The van der Waals surface area contributed by atoms with Gasteiger partial charge in [-0.15, -0.1) is 0 Å². The fourth-order valence-corrected chi connectivity index (χ4v) is 1.07. The first kappa shape index (κ1) is 14.7. The summed E-state index contributed by atoms with van der Waals surface area (Å²) in [6, 6.07) is -2.25. The quantitative estimate of drug-likeness (QED) is 0.635. The number of rotatable bonds is 4. The number of hydrogen-bond donors (Lipinski definition) is 1. The Bertz CT molecular complexity index is 220. The van der Waals surface area contributed by atoms with Crippen molar-refractivity contribution in [3.8, 4) is 0 Å². The van der Waals surface area contributed by atoms with E-state index >= 15 is 0 Å². The number of nitrogens with two attached hydrogens (primary N) is 1. The maximum atomic E-state index is 12.1. The Morgan fingerprint density at radius 3 is 2.27 bits per heavy atom. The van der Waals surface area contributed by atoms with E-state index in [1.54, 1.807) is 13.8 Å². The van der Waals surface area contributed by atoms with Gasteiger partial charge < -0.3 is 10.5 Å². The molecular formula is C8H13BrF3NO2. The molecule has 0 rings (SSSR count). The predicted octanol–water partition coefficient (Wildman–Crippen LogP) is 1.84. The minimum Gasteiger partial charge on any atom is -0.465 e. The molecular weight excluding hydrogens is 279 g/mol. The fraction of sp³-hybridized carbons (Fsp3) is 0.875. The molecule has 3 nitrogen and oxygen atoms in total. The summed E-state index contributed by atoms with van der Waals surface area (Å²) in [6.45, 7) is 3.63. The van der Waals surface area contributed by atoms with E-state index in [2.05, 4.69) is 20.7 Å². The van der Waals surface area contributed by atoms with Gasteiger partial charge in [0.2, 0.25) is 0 Å². The van der Waals surface area contributed by atoms with Gasteiger partial charge in [-0.3, -0.25) is 4.79 Å². The molecule has 0 aliphatic rings. The van der Waals surface area contributed by atoms with Gasteiger partial charge in [0, 0.05) is 0 Å². The van der Waals surface area contributed by atoms with Gasteiger partial charge in [-0.2, -0.15) is 13.2 Å². The molecule has 0 radical (unpaired) electrons. The van der Waals surface area contributed by atoms with Crippen molar-refractivity contribution in [1.82, 2.24) is 0 Å². The lowest BCUT2D eigenvalue weighted by molar-refractivity contribution is -0.162. The van der Waals surface area contributed by atoms with Gasteiger partial charge in [-0.05, 0) is 5.92 Å². The number of halogens is 4. The van der Waals surface area contributed by atoms with E-state index in [-0.39, 0.29) is 12.5 Å². The van der Waals surface area contributed by atoms with Crippen molar-refractivity contribution in [3.05, 3.63) is 0 Å². The average molecular weight is 292 g/mol. The third-order valence-electron chi connectivity index (χ3n) is 1.48. The number of carbonyl (C=O) groups is 1. The SMILES string of the molecule is CC(C)COC(=O)[C@@H](Br)[C@@H](N)C(F)(F)F. The van der Waals surface area contributed by atoms with Gasteiger partial charge in [-0.25, -0.2) is 0 Å². The second-order valence-electron chi connectivity index (χ2n) is 3.49. The maximum absolute atomic E-state index is 12.1. The van der Waals surface area contributed by atoms with E-state index in [0.29, 0.717) is 0 Å². The highest BCUT2D eigenvalue weighted by molar-refractivity contribution is 9.10. The summed E-state index contributed by atoms with van der Waals surface area (Å²) in [4.78, 5) is 9.53. The normalized spacial score (nSPS) is 16.3. The molecule has 0 aromatic rings. The molecule has 0 spiro atoms. The highest BCUT2D eigenvalue weighted by Gasteiger charge is 2.44. The second-order valence-corrected chi connectivity index (χ2v) is 4.48. The van der Waals surface area contributed by atoms with Crippen LogP contribution in [0.3, 0.4) is 0 Å². The maximum Gasteiger partial charge on any atom is 0.405 e. The van der Waals surface area contributed by atoms with Crippen molar-refractivity contribution in [2.24, 2.45) is 11.7 Å². The molecule has 90 valence electrons. The molecule has 0 aliphatic carbocycles. The van der Waals surface area contributed by atoms with Gasteiger partial charge in [0.1, 0.15) is 10.9 Å². The van der Waals surface area contributed by atoms with Gasteiger partial charge in [0.15, 0.2) is 0 Å². The molecule has 0 aliphatic heterocycles. The monoisotopic (exact) mass is 291 g/mol. The van der Waals surface area contributed by atoms with Crippen LogP contribution in [0.25, 0.3) is 0 Å². The molecule has 2 atom stereocenters. The van der Waals surface area contributed by atoms with Crippen LogP contribution in [0, 0.1) is 5.92 Å². The van der Waals surface area contributed by atoms with Crippen LogP contribution in [-0.4, -0.2) is 29.6 Å². The van der Waals surface area contributed by atoms with Crippen LogP contribution in [0.5, 0.6) is 0 Å². The largest absolute Gasteiger partial charge is 0.465 e. The summed E-state index contributed by atoms with van der Waals surface area (Å²) in [6.07, 6.45) is -4.62. The minimum atomic E-state index is -4.62. The van der Waals surface area contributed by atoms with Crippen molar-refractivity contribution in [2.45, 2.75) is 30.9 Å². The number of esters is 1. The second kappa shape index (κ2) is 5.69. The lowest BCUT2D eigenvalue weighted by atomic mass is 10.2. The molecule has 0 fully saturated rings. The third kappa shape index (κ3) is 5.36. The van der Waals surface area contributed by atoms with Crippen molar-refractivity contribution >= 4 is 21.9 Å². The summed E-state index contributed by atoms with van der Waals surface area (Å²) in [5.74, 6) is -0.927. The first-order chi connectivity index (χ1) is 6.66. The van der Waals surface area contributed by atoms with Gasteiger partial charge in [-0.1, -0.05) is 29.8 Å². The Morgan fingerprint density at radius 2 is 1.93 bits per heavy atom. The van der Waals surface area contributed by atoms with Gasteiger partial charge >= 0.3 is 12.1 Å². The number of alkyl halides is 4. The molecule has 0 saturated carbocycles. The van der Waals surface area contributed by atoms with Crippen molar-refractivity contribution in [1.29, 1.82) is 0 Å². The van der Waals surface area contributed by atoms with Gasteiger partial charge in [0.05, 0.1) is 6.61 Å². The topological polar surface area (TPSA) is 52.3 Å². The van der Waals surface area contributed by atoms with Crippen LogP contribution >= 0.6 is 15.9 Å². The number of ether oxygens (including phenoxy) is 1. The Hall–Kier alpha value is -0.300. The van der Waals surface area contributed by atoms with E-state index in [1.165, 1.54) is 0 Å². The zero-order valence-corrected chi connectivity index (χ0v) is 9.93. The van der Waals surface area contributed by atoms with Crippen LogP contribution in [0.2, 0.25) is 0 Å². The summed E-state index contributed by atoms with van der Waals surface area (Å²) in [7, 11) is 0. The Morgan fingerprint density at radius 1 is 1.47 bits per heavy atom. The number of carbonyl (C=O) groups excluding carboxylic acids is 1. The van der Waals surface area contributed by atoms with Crippen LogP contribution in [0.4, 0.5) is 13.2 Å². The molecule has 0 saturated heterocycles. The molecule has 0 heterocycles. The van der Waals surface area contributed by atoms with E-state index < -0.39 is 23.0 Å². The smallest absolute Gasteiger partial charge is 0.405 e. The van der Waals surface area contributed by atoms with E-state index in [1.807, 2.05) is 0 Å². The lowest BCUT2D eigenvalue weighted by Crippen LogP contribution is -2.48. The Kier molecular flexibility index (Phi) is 5.58. The molecule has 2 N–H and O–H groups in total. The summed E-state index contributed by atoms with van der Waals surface area (Å²) < 4.78 is 40.9. The minimum absolute atomic E-state index is 0.0655. The molecule has 0 bridgehead atoms. The zero-order valence-electron chi connectivity index (χ0n) is 8.34. The predicted molar refractivity (Wildman–Crippen MR) is 52.5 cm³/mol. The zero-order chi connectivity index (χ0) is 12.2. The highest BCUT2D eigenvalue weighted by atomic mass is 79.9. The molecule has 0 unspecified atom stereocenters. The molecule has 0 amide bonds. The van der Waals surface area contributed by atoms with Crippen molar-refractivity contribution < 1.29 is 22.7 Å². The highest BCUT2D eigenvalue weighted by Crippen LogP contribution is 2.24. The standard InChI is InChI=1S/C8H13BrF3NO2/c1-4(2)3-15-7(14)5(9)6(13)8(10,11)12/h4-6H,3,13H2,1-2H3/t5-,6+/m0/s1. The van der Waals surface area contributed by atoms with Crippen LogP contribution in [0.15, 0.2) is 0 Å². The first-order valence-electron chi connectivity index (χ1n) is 4.29. The molecule has 15 heavy (non-hydrogen) atoms. The molecule has 7 heteroatoms. The van der Waals surface area contributed by atoms with Crippen molar-refractivity contribution in [3.63, 3.8) is 0 Å². The summed E-state index contributed by atoms with van der Waals surface area (Å²) in [5, 5.41) is 0. The van der Waals surface area contributed by atoms with E-state index in [4.69, 9.17) is 5.73 Å². The average Bonchev–Trinajstić information content (AvgIpc) is 2.10. The van der Waals surface area contributed by atoms with Crippen LogP contribution in [0.1, 0.15) is 13.8 Å². The van der Waals surface area contributed by atoms with Gasteiger partial charge in [0.25, 0.3) is 0 Å². The van der Waals surface area contributed by atoms with Crippen LogP contribution in [-0.2, 0) is 9.53 Å². The Balaban J connectivity index is 4.20. The van der Waals surface area contributed by atoms with Crippen molar-refractivity contribution in [2.75, 3.05) is 6.61 Å². The van der Waals surface area contributed by atoms with E-state index in [9.17, 15) is 18.0 Å². The summed E-state index contributed by atoms with van der Waals surface area (Å²) in [5.41, 5.74) is 4.83. The lowest BCUT2D eigenvalue weighted by Gasteiger charge is -2.20. The molecule has 0 aromatic heterocycles. The molecule has 0 aromatic carbocycles. The fourth-order valence-electron chi connectivity index (χ4n) is 0.641. The Labute approximate surface area is 94.3 Å². The number of hydrogen-bond acceptors (Lipinski definition) is 3. The third-order valence-corrected chi connectivity index (χ3v) is 2.42. The summed E-state index contributed by atoms with van der Waals surface area (Å²) >= 11 is 2.58. The van der Waals surface area contributed by atoms with E-state index in [0.717, 1.165) is 0 Å². The first-order valence-corrected chi connectivity index (χ1v) is 5.20.